The molecule has 0 bridgehead atoms. The van der Waals surface area contributed by atoms with E-state index >= 15 is 0 Å². The van der Waals surface area contributed by atoms with Crippen molar-refractivity contribution in [1.82, 2.24) is 14.9 Å². The molecule has 4 aromatic rings. The van der Waals surface area contributed by atoms with E-state index in [1.165, 1.54) is 0 Å². The minimum Gasteiger partial charge on any atom is -0.345 e. The summed E-state index contributed by atoms with van der Waals surface area (Å²) in [4.78, 5) is 17.0. The molecule has 3 aromatic carbocycles. The quantitative estimate of drug-likeness (QED) is 0.538. The van der Waals surface area contributed by atoms with Gasteiger partial charge in [-0.2, -0.15) is 0 Å². The van der Waals surface area contributed by atoms with Crippen LogP contribution in [-0.4, -0.2) is 15.5 Å². The van der Waals surface area contributed by atoms with E-state index in [0.717, 1.165) is 22.4 Å². The number of rotatable bonds is 5. The zero-order valence-electron chi connectivity index (χ0n) is 15.6. The highest BCUT2D eigenvalue weighted by Crippen LogP contribution is 2.24. The Kier molecular flexibility index (Phi) is 5.02. The number of hydrogen-bond donors (Lipinski definition) is 1. The molecule has 0 saturated carbocycles. The fraction of sp³-hybridized carbons (Fsp3) is 0.0833. The Balaban J connectivity index is 1.53. The van der Waals surface area contributed by atoms with E-state index in [2.05, 4.69) is 10.3 Å². The fourth-order valence-electron chi connectivity index (χ4n) is 3.26. The molecule has 0 spiro atoms. The third kappa shape index (κ3) is 3.71. The smallest absolute Gasteiger partial charge is 0.252 e. The number of aromatic nitrogens is 2. The first kappa shape index (κ1) is 17.7. The van der Waals surface area contributed by atoms with Crippen LogP contribution in [0.1, 0.15) is 28.9 Å². The molecule has 1 aromatic heterocycles. The molecular formula is C24H21N3O. The lowest BCUT2D eigenvalue weighted by Gasteiger charge is -2.17. The molecule has 0 radical (unpaired) electrons. The average Bonchev–Trinajstić information content (AvgIpc) is 3.29. The normalized spacial score (nSPS) is 11.8. The van der Waals surface area contributed by atoms with Gasteiger partial charge in [-0.05, 0) is 41.8 Å². The molecule has 0 fully saturated rings. The van der Waals surface area contributed by atoms with Crippen molar-refractivity contribution in [3.8, 4) is 16.8 Å². The highest BCUT2D eigenvalue weighted by molar-refractivity contribution is 6.01. The van der Waals surface area contributed by atoms with Gasteiger partial charge in [-0.15, -0.1) is 0 Å². The highest BCUT2D eigenvalue weighted by Gasteiger charge is 2.15. The van der Waals surface area contributed by atoms with Crippen molar-refractivity contribution in [2.45, 2.75) is 13.0 Å². The van der Waals surface area contributed by atoms with Gasteiger partial charge in [-0.3, -0.25) is 4.79 Å². The van der Waals surface area contributed by atoms with Gasteiger partial charge in [-0.25, -0.2) is 4.98 Å². The van der Waals surface area contributed by atoms with Crippen LogP contribution in [0.15, 0.2) is 97.6 Å². The highest BCUT2D eigenvalue weighted by atomic mass is 16.1. The number of amides is 1. The largest absolute Gasteiger partial charge is 0.345 e. The minimum absolute atomic E-state index is 0.0781. The lowest BCUT2D eigenvalue weighted by Crippen LogP contribution is -2.27. The van der Waals surface area contributed by atoms with Gasteiger partial charge in [-0.1, -0.05) is 60.7 Å². The number of imidazole rings is 1. The molecule has 1 amide bonds. The van der Waals surface area contributed by atoms with E-state index in [4.69, 9.17) is 0 Å². The van der Waals surface area contributed by atoms with Crippen molar-refractivity contribution in [2.24, 2.45) is 0 Å². The number of hydrogen-bond acceptors (Lipinski definition) is 2. The maximum absolute atomic E-state index is 13.0. The van der Waals surface area contributed by atoms with Crippen LogP contribution in [0.5, 0.6) is 0 Å². The van der Waals surface area contributed by atoms with Crippen LogP contribution in [0.2, 0.25) is 0 Å². The lowest BCUT2D eigenvalue weighted by atomic mass is 9.98. The second kappa shape index (κ2) is 7.92. The van der Waals surface area contributed by atoms with Gasteiger partial charge in [0.2, 0.25) is 0 Å². The van der Waals surface area contributed by atoms with Crippen LogP contribution < -0.4 is 5.32 Å². The third-order valence-corrected chi connectivity index (χ3v) is 4.80. The molecule has 1 N–H and O–H groups in total. The fourth-order valence-corrected chi connectivity index (χ4v) is 3.26. The zero-order chi connectivity index (χ0) is 19.3. The topological polar surface area (TPSA) is 46.9 Å². The van der Waals surface area contributed by atoms with Gasteiger partial charge in [0, 0.05) is 23.6 Å². The maximum Gasteiger partial charge on any atom is 0.252 e. The number of benzene rings is 3. The summed E-state index contributed by atoms with van der Waals surface area (Å²) in [7, 11) is 0. The SMILES string of the molecule is C[C@H](NC(=O)c1ccccc1-c1ccccc1)c1ccc(-n2ccnc2)cc1. The van der Waals surface area contributed by atoms with Gasteiger partial charge in [0.05, 0.1) is 12.4 Å². The van der Waals surface area contributed by atoms with Crippen LogP contribution in [0.3, 0.4) is 0 Å². The Labute approximate surface area is 164 Å². The molecule has 0 aliphatic rings. The van der Waals surface area contributed by atoms with Gasteiger partial charge < -0.3 is 9.88 Å². The van der Waals surface area contributed by atoms with E-state index in [1.54, 1.807) is 12.5 Å². The minimum atomic E-state index is -0.104. The van der Waals surface area contributed by atoms with E-state index in [9.17, 15) is 4.79 Å². The van der Waals surface area contributed by atoms with Crippen LogP contribution in [-0.2, 0) is 0 Å². The first-order chi connectivity index (χ1) is 13.7. The molecule has 0 aliphatic carbocycles. The van der Waals surface area contributed by atoms with Crippen molar-refractivity contribution in [3.63, 3.8) is 0 Å². The average molecular weight is 367 g/mol. The van der Waals surface area contributed by atoms with Crippen molar-refractivity contribution in [3.05, 3.63) is 109 Å². The van der Waals surface area contributed by atoms with Crippen molar-refractivity contribution >= 4 is 5.91 Å². The summed E-state index contributed by atoms with van der Waals surface area (Å²) in [6, 6.07) is 25.7. The van der Waals surface area contributed by atoms with Crippen LogP contribution in [0.4, 0.5) is 0 Å². The number of carbonyl (C=O) groups is 1. The summed E-state index contributed by atoms with van der Waals surface area (Å²) in [6.45, 7) is 2.00. The molecular weight excluding hydrogens is 346 g/mol. The Morgan fingerprint density at radius 2 is 1.64 bits per heavy atom. The summed E-state index contributed by atoms with van der Waals surface area (Å²) in [5.74, 6) is -0.0781. The summed E-state index contributed by atoms with van der Waals surface area (Å²) < 4.78 is 1.95. The lowest BCUT2D eigenvalue weighted by molar-refractivity contribution is 0.0940. The van der Waals surface area contributed by atoms with Gasteiger partial charge in [0.15, 0.2) is 0 Å². The van der Waals surface area contributed by atoms with Gasteiger partial charge >= 0.3 is 0 Å². The molecule has 4 rings (SSSR count). The molecule has 138 valence electrons. The van der Waals surface area contributed by atoms with E-state index < -0.39 is 0 Å². The second-order valence-corrected chi connectivity index (χ2v) is 6.67. The molecule has 28 heavy (non-hydrogen) atoms. The molecule has 0 unspecified atom stereocenters. The Morgan fingerprint density at radius 3 is 2.36 bits per heavy atom. The van der Waals surface area contributed by atoms with Crippen molar-refractivity contribution in [2.75, 3.05) is 0 Å². The first-order valence-electron chi connectivity index (χ1n) is 9.26. The second-order valence-electron chi connectivity index (χ2n) is 6.67. The summed E-state index contributed by atoms with van der Waals surface area (Å²) in [5, 5.41) is 3.12. The number of carbonyl (C=O) groups excluding carboxylic acids is 1. The van der Waals surface area contributed by atoms with E-state index in [-0.39, 0.29) is 11.9 Å². The Morgan fingerprint density at radius 1 is 0.929 bits per heavy atom. The molecule has 1 heterocycles. The standard InChI is InChI=1S/C24H21N3O/c1-18(19-11-13-21(14-12-19)27-16-15-25-17-27)26-24(28)23-10-6-5-9-22(23)20-7-3-2-4-8-20/h2-18H,1H3,(H,26,28)/t18-/m0/s1. The molecule has 4 nitrogen and oxygen atoms in total. The van der Waals surface area contributed by atoms with Gasteiger partial charge in [0.1, 0.15) is 0 Å². The molecule has 1 atom stereocenters. The van der Waals surface area contributed by atoms with Gasteiger partial charge in [0.25, 0.3) is 5.91 Å². The van der Waals surface area contributed by atoms with Crippen LogP contribution in [0, 0.1) is 0 Å². The van der Waals surface area contributed by atoms with Crippen molar-refractivity contribution in [1.29, 1.82) is 0 Å². The van der Waals surface area contributed by atoms with E-state index in [1.807, 2.05) is 96.6 Å². The molecule has 0 saturated heterocycles. The summed E-state index contributed by atoms with van der Waals surface area (Å²) >= 11 is 0. The van der Waals surface area contributed by atoms with Crippen molar-refractivity contribution < 1.29 is 4.79 Å². The monoisotopic (exact) mass is 367 g/mol. The zero-order valence-corrected chi connectivity index (χ0v) is 15.6. The predicted molar refractivity (Wildman–Crippen MR) is 111 cm³/mol. The third-order valence-electron chi connectivity index (χ3n) is 4.80. The Hall–Kier alpha value is -3.66. The van der Waals surface area contributed by atoms with Crippen LogP contribution in [0.25, 0.3) is 16.8 Å². The number of nitrogens with one attached hydrogen (secondary N) is 1. The molecule has 0 aliphatic heterocycles. The first-order valence-corrected chi connectivity index (χ1v) is 9.26. The maximum atomic E-state index is 13.0. The van der Waals surface area contributed by atoms with Crippen LogP contribution >= 0.6 is 0 Å². The molecule has 4 heteroatoms. The number of nitrogens with zero attached hydrogens (tertiary/aromatic N) is 2. The predicted octanol–water partition coefficient (Wildman–Crippen LogP) is 5.03. The summed E-state index contributed by atoms with van der Waals surface area (Å²) in [5.41, 5.74) is 4.73. The summed E-state index contributed by atoms with van der Waals surface area (Å²) in [6.07, 6.45) is 5.42. The Bertz CT molecular complexity index is 1050. The van der Waals surface area contributed by atoms with E-state index in [0.29, 0.717) is 5.56 Å².